The van der Waals surface area contributed by atoms with Crippen LogP contribution in [0.4, 0.5) is 0 Å². The molecule has 4 nitrogen and oxygen atoms in total. The fourth-order valence-electron chi connectivity index (χ4n) is 2.15. The molecular formula is C16H28NO3S+. The van der Waals surface area contributed by atoms with Gasteiger partial charge in [-0.3, -0.25) is 4.55 Å². The molecule has 0 amide bonds. The van der Waals surface area contributed by atoms with E-state index >= 15 is 0 Å². The topological polar surface area (TPSA) is 54.4 Å². The Morgan fingerprint density at radius 2 is 1.48 bits per heavy atom. The van der Waals surface area contributed by atoms with E-state index in [1.807, 2.05) is 6.08 Å². The van der Waals surface area contributed by atoms with Crippen LogP contribution in [0.1, 0.15) is 31.9 Å². The molecule has 0 aromatic heterocycles. The van der Waals surface area contributed by atoms with E-state index in [9.17, 15) is 8.42 Å². The van der Waals surface area contributed by atoms with E-state index in [0.29, 0.717) is 6.26 Å². The molecule has 21 heavy (non-hydrogen) atoms. The van der Waals surface area contributed by atoms with Gasteiger partial charge in [0.2, 0.25) is 0 Å². The minimum absolute atomic E-state index is 0.715. The number of quaternary nitrogens is 1. The molecule has 1 aromatic rings. The maximum absolute atomic E-state index is 9.19. The Balaban J connectivity index is 0.000000690. The van der Waals surface area contributed by atoms with Gasteiger partial charge in [0.05, 0.1) is 25.9 Å². The Kier molecular flexibility index (Phi) is 8.47. The first-order valence-corrected chi connectivity index (χ1v) is 9.03. The first-order chi connectivity index (χ1) is 9.69. The third kappa shape index (κ3) is 8.65. The predicted molar refractivity (Wildman–Crippen MR) is 89.6 cm³/mol. The molecule has 0 fully saturated rings. The lowest BCUT2D eigenvalue weighted by Crippen LogP contribution is -2.46. The highest BCUT2D eigenvalue weighted by atomic mass is 32.2. The molecule has 0 atom stereocenters. The molecule has 5 heteroatoms. The monoisotopic (exact) mass is 314 g/mol. The minimum Gasteiger partial charge on any atom is -0.321 e. The van der Waals surface area contributed by atoms with Crippen LogP contribution >= 0.6 is 0 Å². The van der Waals surface area contributed by atoms with Crippen LogP contribution in [-0.4, -0.2) is 43.3 Å². The van der Waals surface area contributed by atoms with Crippen LogP contribution < -0.4 is 0 Å². The number of hydrogen-bond donors (Lipinski definition) is 1. The maximum atomic E-state index is 9.19. The summed E-state index contributed by atoms with van der Waals surface area (Å²) in [5.41, 5.74) is 2.63. The van der Waals surface area contributed by atoms with Gasteiger partial charge in [0, 0.05) is 5.56 Å². The smallest absolute Gasteiger partial charge is 0.261 e. The van der Waals surface area contributed by atoms with Gasteiger partial charge in [0.25, 0.3) is 10.1 Å². The van der Waals surface area contributed by atoms with Crippen molar-refractivity contribution in [2.24, 2.45) is 0 Å². The summed E-state index contributed by atoms with van der Waals surface area (Å²) in [5, 5.41) is 0. The van der Waals surface area contributed by atoms with Crippen molar-refractivity contribution in [2.45, 2.75) is 27.3 Å². The van der Waals surface area contributed by atoms with Crippen LogP contribution in [0.3, 0.4) is 0 Å². The highest BCUT2D eigenvalue weighted by molar-refractivity contribution is 7.85. The van der Waals surface area contributed by atoms with Crippen LogP contribution in [0.5, 0.6) is 0 Å². The average molecular weight is 314 g/mol. The Morgan fingerprint density at radius 1 is 1.10 bits per heavy atom. The summed E-state index contributed by atoms with van der Waals surface area (Å²) in [5.74, 6) is 0. The predicted octanol–water partition coefficient (Wildman–Crippen LogP) is 3.21. The van der Waals surface area contributed by atoms with Gasteiger partial charge in [-0.25, -0.2) is 0 Å². The lowest BCUT2D eigenvalue weighted by atomic mass is 10.1. The lowest BCUT2D eigenvalue weighted by molar-refractivity contribution is -0.936. The molecule has 0 bridgehead atoms. The standard InChI is InChI=1S/C15H24N.CH4O3S/c1-5-14-9-11-15(12-10-14)13-16(6-2,7-3)8-4;1-5(2,3)4/h5,9-12H,1,6-8,13H2,2-4H3;1H3,(H,2,3,4)/q+1;. The van der Waals surface area contributed by atoms with Crippen molar-refractivity contribution in [1.82, 2.24) is 0 Å². The third-order valence-electron chi connectivity index (χ3n) is 3.75. The molecule has 1 N–H and O–H groups in total. The van der Waals surface area contributed by atoms with Crippen molar-refractivity contribution < 1.29 is 17.5 Å². The Hall–Kier alpha value is -1.17. The van der Waals surface area contributed by atoms with Crippen LogP contribution in [0.15, 0.2) is 30.8 Å². The third-order valence-corrected chi connectivity index (χ3v) is 3.75. The van der Waals surface area contributed by atoms with Gasteiger partial charge in [-0.2, -0.15) is 8.42 Å². The molecule has 1 rings (SSSR count). The SMILES string of the molecule is C=Cc1ccc(C[N+](CC)(CC)CC)cc1.CS(=O)(=O)O. The van der Waals surface area contributed by atoms with Gasteiger partial charge in [0.15, 0.2) is 0 Å². The molecule has 0 aliphatic rings. The molecule has 0 saturated carbocycles. The van der Waals surface area contributed by atoms with Crippen LogP contribution in [0.2, 0.25) is 0 Å². The Bertz CT molecular complexity index is 501. The first-order valence-electron chi connectivity index (χ1n) is 7.18. The van der Waals surface area contributed by atoms with Gasteiger partial charge in [0.1, 0.15) is 6.54 Å². The summed E-state index contributed by atoms with van der Waals surface area (Å²) in [7, 11) is -3.67. The van der Waals surface area contributed by atoms with Gasteiger partial charge >= 0.3 is 0 Å². The lowest BCUT2D eigenvalue weighted by Gasteiger charge is -2.35. The average Bonchev–Trinajstić information content (AvgIpc) is 2.44. The van der Waals surface area contributed by atoms with Crippen molar-refractivity contribution in [3.8, 4) is 0 Å². The number of benzene rings is 1. The number of nitrogens with zero attached hydrogens (tertiary/aromatic N) is 1. The molecular weight excluding hydrogens is 286 g/mol. The molecule has 0 heterocycles. The zero-order chi connectivity index (χ0) is 16.5. The molecule has 0 unspecified atom stereocenters. The maximum Gasteiger partial charge on any atom is 0.261 e. The van der Waals surface area contributed by atoms with Crippen molar-refractivity contribution in [3.05, 3.63) is 42.0 Å². The molecule has 0 saturated heterocycles. The summed E-state index contributed by atoms with van der Waals surface area (Å²) >= 11 is 0. The fraction of sp³-hybridized carbons (Fsp3) is 0.500. The van der Waals surface area contributed by atoms with Crippen LogP contribution in [0.25, 0.3) is 6.08 Å². The highest BCUT2D eigenvalue weighted by Crippen LogP contribution is 2.15. The molecule has 0 aliphatic carbocycles. The number of rotatable bonds is 6. The summed E-state index contributed by atoms with van der Waals surface area (Å²) < 4.78 is 27.0. The summed E-state index contributed by atoms with van der Waals surface area (Å²) in [6.07, 6.45) is 2.61. The van der Waals surface area contributed by atoms with Crippen molar-refractivity contribution in [1.29, 1.82) is 0 Å². The van der Waals surface area contributed by atoms with Gasteiger partial charge in [-0.15, -0.1) is 0 Å². The van der Waals surface area contributed by atoms with Gasteiger partial charge < -0.3 is 4.48 Å². The largest absolute Gasteiger partial charge is 0.321 e. The Morgan fingerprint density at radius 3 is 1.76 bits per heavy atom. The highest BCUT2D eigenvalue weighted by Gasteiger charge is 2.20. The van der Waals surface area contributed by atoms with Crippen molar-refractivity contribution in [3.63, 3.8) is 0 Å². The quantitative estimate of drug-likeness (QED) is 0.648. The summed E-state index contributed by atoms with van der Waals surface area (Å²) in [6, 6.07) is 8.76. The molecule has 1 aromatic carbocycles. The van der Waals surface area contributed by atoms with E-state index in [1.54, 1.807) is 0 Å². The second-order valence-electron chi connectivity index (χ2n) is 5.13. The Labute approximate surface area is 129 Å². The first kappa shape index (κ1) is 19.8. The van der Waals surface area contributed by atoms with E-state index in [4.69, 9.17) is 4.55 Å². The molecule has 0 spiro atoms. The van der Waals surface area contributed by atoms with Gasteiger partial charge in [-0.05, 0) is 26.3 Å². The second-order valence-corrected chi connectivity index (χ2v) is 6.59. The van der Waals surface area contributed by atoms with E-state index in [0.717, 1.165) is 6.54 Å². The summed E-state index contributed by atoms with van der Waals surface area (Å²) in [4.78, 5) is 0. The van der Waals surface area contributed by atoms with E-state index in [1.165, 1.54) is 35.2 Å². The van der Waals surface area contributed by atoms with Crippen LogP contribution in [-0.2, 0) is 16.7 Å². The van der Waals surface area contributed by atoms with E-state index < -0.39 is 10.1 Å². The molecule has 0 radical (unpaired) electrons. The van der Waals surface area contributed by atoms with E-state index in [-0.39, 0.29) is 0 Å². The second kappa shape index (κ2) is 8.97. The van der Waals surface area contributed by atoms with Crippen molar-refractivity contribution >= 4 is 16.2 Å². The number of hydrogen-bond acceptors (Lipinski definition) is 2. The fourth-order valence-corrected chi connectivity index (χ4v) is 2.15. The molecule has 120 valence electrons. The van der Waals surface area contributed by atoms with E-state index in [2.05, 4.69) is 51.6 Å². The zero-order valence-corrected chi connectivity index (χ0v) is 14.4. The van der Waals surface area contributed by atoms with Crippen molar-refractivity contribution in [2.75, 3.05) is 25.9 Å². The van der Waals surface area contributed by atoms with Crippen LogP contribution in [0, 0.1) is 0 Å². The molecule has 0 aliphatic heterocycles. The minimum atomic E-state index is -3.67. The zero-order valence-electron chi connectivity index (χ0n) is 13.5. The van der Waals surface area contributed by atoms with Gasteiger partial charge in [-0.1, -0.05) is 36.9 Å². The summed E-state index contributed by atoms with van der Waals surface area (Å²) in [6.45, 7) is 15.4. The normalized spacial score (nSPS) is 11.5.